The maximum absolute atomic E-state index is 8.89. The second kappa shape index (κ2) is 37.9. The van der Waals surface area contributed by atoms with Crippen LogP contribution in [0, 0.1) is 15.3 Å². The van der Waals surface area contributed by atoms with Crippen LogP contribution in [0.1, 0.15) is 6.92 Å². The Kier molecular flexibility index (Phi) is 139. The van der Waals surface area contributed by atoms with Crippen molar-refractivity contribution in [1.82, 2.24) is 0 Å². The van der Waals surface area contributed by atoms with Crippen molar-refractivity contribution in [2.75, 3.05) is 0 Å². The first-order valence-corrected chi connectivity index (χ1v) is 1.46. The summed E-state index contributed by atoms with van der Waals surface area (Å²) in [6, 6.07) is 0. The van der Waals surface area contributed by atoms with Gasteiger partial charge in [0.2, 0.25) is 0 Å². The Morgan fingerprint density at radius 3 is 1.15 bits per heavy atom. The van der Waals surface area contributed by atoms with Crippen LogP contribution in [-0.2, 0) is 4.79 Å². The Morgan fingerprint density at radius 2 is 1.15 bits per heavy atom. The fourth-order valence-electron chi connectivity index (χ4n) is 0. The van der Waals surface area contributed by atoms with Gasteiger partial charge in [-0.1, -0.05) is 0 Å². The van der Waals surface area contributed by atoms with E-state index in [-0.39, 0.29) is 97.4 Å². The number of carboxylic acid groups (broad SMARTS) is 1. The van der Waals surface area contributed by atoms with Crippen LogP contribution in [0.4, 0.5) is 0 Å². The van der Waals surface area contributed by atoms with Gasteiger partial charge in [-0.2, -0.15) is 0 Å². The van der Waals surface area contributed by atoms with Crippen molar-refractivity contribution in [1.29, 1.82) is 0 Å². The molecule has 0 aliphatic carbocycles. The Bertz CT molecular complexity index is 80.1. The summed E-state index contributed by atoms with van der Waals surface area (Å²) in [4.78, 5) is 17.1. The van der Waals surface area contributed by atoms with Crippen LogP contribution in [0.15, 0.2) is 0 Å². The zero-order valence-corrected chi connectivity index (χ0v) is 12.6. The smallest absolute Gasteiger partial charge is 0.550 e. The summed E-state index contributed by atoms with van der Waals surface area (Å²) >= 11 is 0. The van der Waals surface area contributed by atoms with Gasteiger partial charge in [-0.3, -0.25) is 0 Å². The molecular formula is C2H9KNNaO8. The van der Waals surface area contributed by atoms with E-state index in [1.54, 1.807) is 0 Å². The van der Waals surface area contributed by atoms with Crippen molar-refractivity contribution < 1.29 is 112 Å². The normalized spacial score (nSPS) is 3.77. The number of carbonyl (C=O) groups excluding carboxylic acids is 1. The summed E-state index contributed by atoms with van der Waals surface area (Å²) in [6.07, 6.45) is 0. The summed E-state index contributed by atoms with van der Waals surface area (Å²) in [7, 11) is 0. The first-order chi connectivity index (χ1) is 3.46. The molecule has 72 valence electrons. The Hall–Kier alpha value is 1.19. The monoisotopic (exact) mass is 237 g/mol. The SMILES string of the molecule is CC(=O)[O-].O.O.O.O=[N+]([O-])[O-].[K+].[Na+]. The molecule has 0 radical (unpaired) electrons. The second-order valence-corrected chi connectivity index (χ2v) is 0.715. The van der Waals surface area contributed by atoms with Crippen molar-refractivity contribution in [3.63, 3.8) is 0 Å². The van der Waals surface area contributed by atoms with Crippen molar-refractivity contribution in [3.8, 4) is 0 Å². The molecule has 13 heavy (non-hydrogen) atoms. The summed E-state index contributed by atoms with van der Waals surface area (Å²) < 4.78 is 0. The number of hydrogen-bond acceptors (Lipinski definition) is 5. The molecule has 0 aromatic carbocycles. The van der Waals surface area contributed by atoms with Crippen molar-refractivity contribution in [2.45, 2.75) is 6.92 Å². The average molecular weight is 237 g/mol. The second-order valence-electron chi connectivity index (χ2n) is 0.715. The number of nitrogens with zero attached hydrogens (tertiary/aromatic N) is 1. The Balaban J connectivity index is -0.00000000800. The standard InChI is InChI=1S/C2H4O2.K.NO3.Na.3H2O/c1-2(3)4;;2-1(3)4;;;;/h1H3,(H,3,4);;;;3*1H2/q;+1;-1;+1;;;/p-1. The maximum atomic E-state index is 8.89. The van der Waals surface area contributed by atoms with Crippen LogP contribution in [0.25, 0.3) is 0 Å². The minimum absolute atomic E-state index is 0. The predicted molar refractivity (Wildman–Crippen MR) is 31.9 cm³/mol. The van der Waals surface area contributed by atoms with Gasteiger partial charge in [0.1, 0.15) is 0 Å². The molecule has 0 aliphatic rings. The molecule has 9 nitrogen and oxygen atoms in total. The molecule has 0 rings (SSSR count). The summed E-state index contributed by atoms with van der Waals surface area (Å²) in [6.45, 7) is 0.972. The molecule has 0 saturated carbocycles. The molecule has 0 fully saturated rings. The van der Waals surface area contributed by atoms with Crippen LogP contribution in [-0.4, -0.2) is 27.5 Å². The number of carbonyl (C=O) groups is 1. The number of aliphatic carboxylic acids is 1. The van der Waals surface area contributed by atoms with Crippen LogP contribution >= 0.6 is 0 Å². The molecule has 0 heterocycles. The minimum Gasteiger partial charge on any atom is -0.550 e. The van der Waals surface area contributed by atoms with Gasteiger partial charge < -0.3 is 41.7 Å². The molecule has 0 bridgehead atoms. The maximum Gasteiger partial charge on any atom is 1.00 e. The van der Waals surface area contributed by atoms with E-state index in [2.05, 4.69) is 0 Å². The van der Waals surface area contributed by atoms with E-state index in [4.69, 9.17) is 25.2 Å². The van der Waals surface area contributed by atoms with Crippen LogP contribution in [0.5, 0.6) is 0 Å². The van der Waals surface area contributed by atoms with Crippen molar-refractivity contribution in [2.24, 2.45) is 0 Å². The third-order valence-corrected chi connectivity index (χ3v) is 0. The largest absolute Gasteiger partial charge is 1.00 e. The van der Waals surface area contributed by atoms with E-state index in [9.17, 15) is 0 Å². The Labute approximate surface area is 138 Å². The summed E-state index contributed by atoms with van der Waals surface area (Å²) in [5, 5.41) is 23.6. The molecule has 0 amide bonds. The van der Waals surface area contributed by atoms with Crippen LogP contribution < -0.4 is 86.0 Å². The molecule has 0 aromatic heterocycles. The summed E-state index contributed by atoms with van der Waals surface area (Å²) in [5.74, 6) is -1.08. The molecule has 0 spiro atoms. The molecule has 0 atom stereocenters. The van der Waals surface area contributed by atoms with Gasteiger partial charge in [0.05, 0.1) is 5.09 Å². The average Bonchev–Trinajstić information content (AvgIpc) is 1.25. The predicted octanol–water partition coefficient (Wildman–Crippen LogP) is -9.95. The number of carboxylic acids is 1. The quantitative estimate of drug-likeness (QED) is 0.228. The fourth-order valence-corrected chi connectivity index (χ4v) is 0. The van der Waals surface area contributed by atoms with Gasteiger partial charge in [0, 0.05) is 5.97 Å². The fraction of sp³-hybridized carbons (Fsp3) is 0.500. The van der Waals surface area contributed by atoms with Gasteiger partial charge in [-0.25, -0.2) is 0 Å². The topological polar surface area (TPSA) is 201 Å². The van der Waals surface area contributed by atoms with Gasteiger partial charge >= 0.3 is 80.9 Å². The minimum atomic E-state index is -1.75. The number of hydrogen-bond donors (Lipinski definition) is 0. The van der Waals surface area contributed by atoms with Gasteiger partial charge in [0.25, 0.3) is 0 Å². The van der Waals surface area contributed by atoms with Gasteiger partial charge in [0.15, 0.2) is 0 Å². The summed E-state index contributed by atoms with van der Waals surface area (Å²) in [5.41, 5.74) is 0. The van der Waals surface area contributed by atoms with Crippen molar-refractivity contribution in [3.05, 3.63) is 15.3 Å². The van der Waals surface area contributed by atoms with Gasteiger partial charge in [-0.05, 0) is 6.92 Å². The van der Waals surface area contributed by atoms with Crippen molar-refractivity contribution >= 4 is 5.97 Å². The van der Waals surface area contributed by atoms with E-state index in [0.29, 0.717) is 0 Å². The van der Waals surface area contributed by atoms with E-state index in [0.717, 1.165) is 6.92 Å². The molecule has 0 saturated heterocycles. The molecule has 0 aromatic rings. The zero-order chi connectivity index (χ0) is 7.15. The first-order valence-electron chi connectivity index (χ1n) is 1.46. The Morgan fingerprint density at radius 1 is 1.15 bits per heavy atom. The molecular weight excluding hydrogens is 228 g/mol. The van der Waals surface area contributed by atoms with E-state index in [1.165, 1.54) is 0 Å². The zero-order valence-electron chi connectivity index (χ0n) is 7.49. The van der Waals surface area contributed by atoms with Crippen LogP contribution in [0.2, 0.25) is 0 Å². The molecule has 0 unspecified atom stereocenters. The van der Waals surface area contributed by atoms with E-state index in [1.807, 2.05) is 0 Å². The van der Waals surface area contributed by atoms with Crippen LogP contribution in [0.3, 0.4) is 0 Å². The third kappa shape index (κ3) is 1170. The molecule has 6 N–H and O–H groups in total. The van der Waals surface area contributed by atoms with E-state index < -0.39 is 11.1 Å². The van der Waals surface area contributed by atoms with E-state index >= 15 is 0 Å². The number of rotatable bonds is 0. The molecule has 11 heteroatoms. The third-order valence-electron chi connectivity index (χ3n) is 0. The molecule has 0 aliphatic heterocycles. The van der Waals surface area contributed by atoms with Gasteiger partial charge in [-0.15, -0.1) is 0 Å². The first kappa shape index (κ1) is 47.8.